The van der Waals surface area contributed by atoms with Gasteiger partial charge in [-0.1, -0.05) is 12.8 Å². The maximum Gasteiger partial charge on any atom is 0.0616 e. The van der Waals surface area contributed by atoms with Crippen molar-refractivity contribution in [3.63, 3.8) is 0 Å². The number of rotatable bonds is 0. The molecular formula is C9H17NO. The molecule has 1 heterocycles. The number of ether oxygens (including phenoxy) is 1. The third kappa shape index (κ3) is 1.74. The van der Waals surface area contributed by atoms with Crippen LogP contribution in [0, 0.1) is 5.92 Å². The summed E-state index contributed by atoms with van der Waals surface area (Å²) in [6.07, 6.45) is 6.04. The average molecular weight is 155 g/mol. The van der Waals surface area contributed by atoms with Crippen molar-refractivity contribution >= 4 is 0 Å². The molecule has 1 saturated carbocycles. The summed E-state index contributed by atoms with van der Waals surface area (Å²) in [7, 11) is 0. The van der Waals surface area contributed by atoms with E-state index in [4.69, 9.17) is 4.74 Å². The lowest BCUT2D eigenvalue weighted by molar-refractivity contribution is 0.00847. The van der Waals surface area contributed by atoms with Crippen LogP contribution in [0.1, 0.15) is 25.7 Å². The van der Waals surface area contributed by atoms with E-state index in [0.29, 0.717) is 6.10 Å². The van der Waals surface area contributed by atoms with Gasteiger partial charge in [-0.15, -0.1) is 0 Å². The molecule has 2 rings (SSSR count). The Morgan fingerprint density at radius 3 is 3.09 bits per heavy atom. The van der Waals surface area contributed by atoms with E-state index in [1.165, 1.54) is 32.2 Å². The minimum absolute atomic E-state index is 0.582. The summed E-state index contributed by atoms with van der Waals surface area (Å²) in [4.78, 5) is 0. The zero-order valence-electron chi connectivity index (χ0n) is 7.01. The topological polar surface area (TPSA) is 21.3 Å². The molecule has 2 heteroatoms. The van der Waals surface area contributed by atoms with E-state index in [9.17, 15) is 0 Å². The summed E-state index contributed by atoms with van der Waals surface area (Å²) >= 11 is 0. The van der Waals surface area contributed by atoms with Crippen molar-refractivity contribution in [2.45, 2.75) is 31.8 Å². The lowest BCUT2D eigenvalue weighted by atomic mass is 9.86. The zero-order valence-corrected chi connectivity index (χ0v) is 7.01. The minimum Gasteiger partial charge on any atom is -0.377 e. The Balaban J connectivity index is 1.93. The molecule has 0 aromatic heterocycles. The molecular weight excluding hydrogens is 138 g/mol. The second-order valence-electron chi connectivity index (χ2n) is 3.66. The van der Waals surface area contributed by atoms with Crippen molar-refractivity contribution < 1.29 is 4.74 Å². The molecule has 0 radical (unpaired) electrons. The van der Waals surface area contributed by atoms with E-state index in [1.54, 1.807) is 0 Å². The van der Waals surface area contributed by atoms with Crippen LogP contribution in [-0.4, -0.2) is 25.8 Å². The molecule has 1 N–H and O–H groups in total. The fourth-order valence-corrected chi connectivity index (χ4v) is 2.20. The van der Waals surface area contributed by atoms with Crippen molar-refractivity contribution in [1.29, 1.82) is 0 Å². The minimum atomic E-state index is 0.582. The number of nitrogens with one attached hydrogen (secondary N) is 1. The molecule has 11 heavy (non-hydrogen) atoms. The first kappa shape index (κ1) is 7.56. The summed E-state index contributed by atoms with van der Waals surface area (Å²) in [6.45, 7) is 3.15. The van der Waals surface area contributed by atoms with E-state index < -0.39 is 0 Å². The van der Waals surface area contributed by atoms with Crippen LogP contribution < -0.4 is 5.32 Å². The molecule has 2 fully saturated rings. The molecule has 64 valence electrons. The molecule has 0 aromatic rings. The SMILES string of the molecule is C1CC[C@@H]2OCCNC[C@H]2C1. The third-order valence-corrected chi connectivity index (χ3v) is 2.86. The van der Waals surface area contributed by atoms with E-state index in [-0.39, 0.29) is 0 Å². The maximum atomic E-state index is 5.74. The van der Waals surface area contributed by atoms with Crippen LogP contribution in [-0.2, 0) is 4.74 Å². The van der Waals surface area contributed by atoms with Crippen LogP contribution in [0.15, 0.2) is 0 Å². The summed E-state index contributed by atoms with van der Waals surface area (Å²) in [5.41, 5.74) is 0. The quantitative estimate of drug-likeness (QED) is 0.567. The first-order chi connectivity index (χ1) is 5.47. The molecule has 0 aromatic carbocycles. The monoisotopic (exact) mass is 155 g/mol. The fraction of sp³-hybridized carbons (Fsp3) is 1.00. The Morgan fingerprint density at radius 2 is 2.09 bits per heavy atom. The Bertz CT molecular complexity index is 113. The van der Waals surface area contributed by atoms with Crippen LogP contribution >= 0.6 is 0 Å². The second-order valence-corrected chi connectivity index (χ2v) is 3.66. The van der Waals surface area contributed by atoms with E-state index in [2.05, 4.69) is 5.32 Å². The van der Waals surface area contributed by atoms with Crippen LogP contribution in [0.3, 0.4) is 0 Å². The first-order valence-electron chi connectivity index (χ1n) is 4.79. The molecule has 0 bridgehead atoms. The molecule has 2 aliphatic rings. The van der Waals surface area contributed by atoms with Crippen molar-refractivity contribution in [3.8, 4) is 0 Å². The van der Waals surface area contributed by atoms with Gasteiger partial charge in [0.2, 0.25) is 0 Å². The molecule has 2 atom stereocenters. The number of hydrogen-bond donors (Lipinski definition) is 1. The predicted molar refractivity (Wildman–Crippen MR) is 44.6 cm³/mol. The van der Waals surface area contributed by atoms with E-state index >= 15 is 0 Å². The molecule has 0 amide bonds. The second kappa shape index (κ2) is 3.55. The average Bonchev–Trinajstić information content (AvgIpc) is 2.28. The highest BCUT2D eigenvalue weighted by Crippen LogP contribution is 2.27. The maximum absolute atomic E-state index is 5.74. The van der Waals surface area contributed by atoms with E-state index in [0.717, 1.165) is 19.1 Å². The van der Waals surface area contributed by atoms with Crippen molar-refractivity contribution in [2.24, 2.45) is 5.92 Å². The Hall–Kier alpha value is -0.0800. The van der Waals surface area contributed by atoms with Gasteiger partial charge in [-0.25, -0.2) is 0 Å². The fourth-order valence-electron chi connectivity index (χ4n) is 2.20. The number of hydrogen-bond acceptors (Lipinski definition) is 2. The van der Waals surface area contributed by atoms with Gasteiger partial charge < -0.3 is 10.1 Å². The lowest BCUT2D eigenvalue weighted by Gasteiger charge is -2.28. The van der Waals surface area contributed by atoms with Gasteiger partial charge in [-0.2, -0.15) is 0 Å². The van der Waals surface area contributed by atoms with Crippen LogP contribution in [0.4, 0.5) is 0 Å². The van der Waals surface area contributed by atoms with Gasteiger partial charge in [0.1, 0.15) is 0 Å². The summed E-state index contributed by atoms with van der Waals surface area (Å²) < 4.78 is 5.74. The molecule has 0 unspecified atom stereocenters. The van der Waals surface area contributed by atoms with Gasteiger partial charge in [0, 0.05) is 13.1 Å². The number of fused-ring (bicyclic) bond motifs is 1. The van der Waals surface area contributed by atoms with Gasteiger partial charge in [-0.05, 0) is 18.8 Å². The molecule has 1 aliphatic carbocycles. The van der Waals surface area contributed by atoms with Crippen LogP contribution in [0.2, 0.25) is 0 Å². The normalized spacial score (nSPS) is 39.3. The Labute approximate surface area is 68.3 Å². The van der Waals surface area contributed by atoms with Gasteiger partial charge in [0.05, 0.1) is 12.7 Å². The van der Waals surface area contributed by atoms with Crippen molar-refractivity contribution in [1.82, 2.24) is 5.32 Å². The summed E-state index contributed by atoms with van der Waals surface area (Å²) in [6, 6.07) is 0. The third-order valence-electron chi connectivity index (χ3n) is 2.86. The van der Waals surface area contributed by atoms with Crippen molar-refractivity contribution in [3.05, 3.63) is 0 Å². The smallest absolute Gasteiger partial charge is 0.0616 e. The highest BCUT2D eigenvalue weighted by molar-refractivity contribution is 4.79. The first-order valence-corrected chi connectivity index (χ1v) is 4.79. The molecule has 1 saturated heterocycles. The summed E-state index contributed by atoms with van der Waals surface area (Å²) in [5, 5.41) is 3.42. The molecule has 0 spiro atoms. The Morgan fingerprint density at radius 1 is 1.18 bits per heavy atom. The largest absolute Gasteiger partial charge is 0.377 e. The highest BCUT2D eigenvalue weighted by Gasteiger charge is 2.26. The molecule has 1 aliphatic heterocycles. The van der Waals surface area contributed by atoms with Crippen LogP contribution in [0.25, 0.3) is 0 Å². The van der Waals surface area contributed by atoms with Gasteiger partial charge in [0.15, 0.2) is 0 Å². The summed E-state index contributed by atoms with van der Waals surface area (Å²) in [5.74, 6) is 0.811. The van der Waals surface area contributed by atoms with Gasteiger partial charge >= 0.3 is 0 Å². The highest BCUT2D eigenvalue weighted by atomic mass is 16.5. The standard InChI is InChI=1S/C9H17NO/c1-2-4-9-8(3-1)7-10-5-6-11-9/h8-10H,1-7H2/t8-,9+/m1/s1. The van der Waals surface area contributed by atoms with Crippen LogP contribution in [0.5, 0.6) is 0 Å². The van der Waals surface area contributed by atoms with Gasteiger partial charge in [0.25, 0.3) is 0 Å². The van der Waals surface area contributed by atoms with Gasteiger partial charge in [-0.3, -0.25) is 0 Å². The molecule has 2 nitrogen and oxygen atoms in total. The Kier molecular flexibility index (Phi) is 2.44. The zero-order chi connectivity index (χ0) is 7.52. The van der Waals surface area contributed by atoms with E-state index in [1.807, 2.05) is 0 Å². The lowest BCUT2D eigenvalue weighted by Crippen LogP contribution is -2.31. The predicted octanol–water partition coefficient (Wildman–Crippen LogP) is 1.17. The van der Waals surface area contributed by atoms with Crippen molar-refractivity contribution in [2.75, 3.05) is 19.7 Å².